The number of nitrogens with zero attached hydrogens (tertiary/aromatic N) is 4. The zero-order valence-electron chi connectivity index (χ0n) is 22.9. The molecule has 0 fully saturated rings. The lowest BCUT2D eigenvalue weighted by Gasteiger charge is -2.37. The Labute approximate surface area is 228 Å². The lowest BCUT2D eigenvalue weighted by atomic mass is 10.00. The Morgan fingerprint density at radius 2 is 1.97 bits per heavy atom. The molecule has 0 aliphatic carbocycles. The number of amides is 3. The van der Waals surface area contributed by atoms with E-state index in [-0.39, 0.29) is 36.9 Å². The van der Waals surface area contributed by atoms with E-state index in [0.717, 1.165) is 11.1 Å². The molecule has 3 heterocycles. The molecule has 4 rings (SSSR count). The van der Waals surface area contributed by atoms with E-state index in [1.807, 2.05) is 49.4 Å². The smallest absolute Gasteiger partial charge is 0.321 e. The van der Waals surface area contributed by atoms with E-state index in [1.165, 1.54) is 4.90 Å². The van der Waals surface area contributed by atoms with E-state index in [4.69, 9.17) is 9.26 Å². The zero-order valence-corrected chi connectivity index (χ0v) is 22.9. The van der Waals surface area contributed by atoms with Gasteiger partial charge in [-0.1, -0.05) is 54.6 Å². The van der Waals surface area contributed by atoms with Gasteiger partial charge in [-0.05, 0) is 38.0 Å². The number of rotatable bonds is 7. The number of fused-ring (bicyclic) bond motifs is 1. The van der Waals surface area contributed by atoms with Gasteiger partial charge in [0.2, 0.25) is 5.88 Å². The van der Waals surface area contributed by atoms with Gasteiger partial charge in [-0.3, -0.25) is 4.79 Å². The van der Waals surface area contributed by atoms with Crippen molar-refractivity contribution in [2.75, 3.05) is 32.1 Å². The number of carbonyl (C=O) groups is 2. The first-order chi connectivity index (χ1) is 18.7. The summed E-state index contributed by atoms with van der Waals surface area (Å²) < 4.78 is 11.4. The van der Waals surface area contributed by atoms with Crippen LogP contribution in [0.3, 0.4) is 0 Å². The van der Waals surface area contributed by atoms with Gasteiger partial charge in [0.15, 0.2) is 5.76 Å². The SMILES string of the molecule is Cc1noc(C)c1NC(=O)N(C)C[C@@H]1Oc2ncc(/C=C/c3ccccc3)cc2C(=O)N([C@@H](C)CO)C[C@H]1C. The summed E-state index contributed by atoms with van der Waals surface area (Å²) in [5.74, 6) is 0.295. The number of ether oxygens (including phenoxy) is 1. The van der Waals surface area contributed by atoms with Gasteiger partial charge in [-0.2, -0.15) is 0 Å². The first-order valence-electron chi connectivity index (χ1n) is 12.9. The van der Waals surface area contributed by atoms with Crippen LogP contribution in [-0.4, -0.2) is 75.9 Å². The summed E-state index contributed by atoms with van der Waals surface area (Å²) in [6, 6.07) is 10.8. The van der Waals surface area contributed by atoms with Crippen LogP contribution in [0.15, 0.2) is 47.1 Å². The Morgan fingerprint density at radius 3 is 2.64 bits per heavy atom. The van der Waals surface area contributed by atoms with Crippen LogP contribution in [-0.2, 0) is 0 Å². The third kappa shape index (κ3) is 6.46. The molecular formula is C29H35N5O5. The molecule has 3 aromatic rings. The number of aromatic nitrogens is 2. The number of carbonyl (C=O) groups excluding carboxylic acids is 2. The Balaban J connectivity index is 1.60. The molecule has 0 bridgehead atoms. The van der Waals surface area contributed by atoms with E-state index in [0.29, 0.717) is 29.2 Å². The molecule has 206 valence electrons. The molecule has 2 N–H and O–H groups in total. The van der Waals surface area contributed by atoms with Gasteiger partial charge in [0.25, 0.3) is 5.91 Å². The van der Waals surface area contributed by atoms with Crippen LogP contribution >= 0.6 is 0 Å². The molecule has 3 atom stereocenters. The summed E-state index contributed by atoms with van der Waals surface area (Å²) >= 11 is 0. The van der Waals surface area contributed by atoms with Crippen LogP contribution in [0.2, 0.25) is 0 Å². The maximum atomic E-state index is 13.6. The van der Waals surface area contributed by atoms with Gasteiger partial charge in [0.1, 0.15) is 23.0 Å². The molecule has 0 saturated carbocycles. The highest BCUT2D eigenvalue weighted by atomic mass is 16.5. The van der Waals surface area contributed by atoms with E-state index < -0.39 is 12.1 Å². The summed E-state index contributed by atoms with van der Waals surface area (Å²) in [7, 11) is 1.67. The molecule has 39 heavy (non-hydrogen) atoms. The third-order valence-corrected chi connectivity index (χ3v) is 6.88. The molecule has 0 saturated heterocycles. The highest BCUT2D eigenvalue weighted by Gasteiger charge is 2.34. The van der Waals surface area contributed by atoms with E-state index in [2.05, 4.69) is 15.5 Å². The molecule has 0 radical (unpaired) electrons. The molecule has 0 unspecified atom stereocenters. The van der Waals surface area contributed by atoms with Gasteiger partial charge in [-0.25, -0.2) is 9.78 Å². The number of nitrogens with one attached hydrogen (secondary N) is 1. The standard InChI is InChI=1S/C29H35N5O5/c1-18-15-34(19(2)17-35)28(36)24-13-23(12-11-22-9-7-6-8-10-22)14-30-27(24)38-25(18)16-33(5)29(37)31-26-20(3)32-39-21(26)4/h6-14,18-19,25,35H,15-17H2,1-5H3,(H,31,37)/b12-11+/t18-,19+,25+/m1/s1. The topological polar surface area (TPSA) is 121 Å². The number of pyridine rings is 1. The largest absolute Gasteiger partial charge is 0.472 e. The van der Waals surface area contributed by atoms with Crippen LogP contribution in [0.4, 0.5) is 10.5 Å². The minimum atomic E-state index is -0.469. The minimum Gasteiger partial charge on any atom is -0.472 e. The molecular weight excluding hydrogens is 498 g/mol. The number of aliphatic hydroxyl groups excluding tert-OH is 1. The fourth-order valence-electron chi connectivity index (χ4n) is 4.40. The fraction of sp³-hybridized carbons (Fsp3) is 0.379. The number of urea groups is 1. The van der Waals surface area contributed by atoms with Crippen LogP contribution in [0.1, 0.15) is 46.8 Å². The van der Waals surface area contributed by atoms with Crippen LogP contribution in [0.25, 0.3) is 12.2 Å². The summed E-state index contributed by atoms with van der Waals surface area (Å²) in [6.45, 7) is 7.65. The number of benzene rings is 1. The number of hydrogen-bond acceptors (Lipinski definition) is 7. The highest BCUT2D eigenvalue weighted by Crippen LogP contribution is 2.28. The molecule has 0 spiro atoms. The van der Waals surface area contributed by atoms with Gasteiger partial charge in [0.05, 0.1) is 19.2 Å². The quantitative estimate of drug-likeness (QED) is 0.466. The van der Waals surface area contributed by atoms with Gasteiger partial charge < -0.3 is 29.5 Å². The van der Waals surface area contributed by atoms with E-state index in [1.54, 1.807) is 45.0 Å². The van der Waals surface area contributed by atoms with Crippen molar-refractivity contribution in [3.05, 3.63) is 70.7 Å². The predicted octanol–water partition coefficient (Wildman–Crippen LogP) is 4.24. The van der Waals surface area contributed by atoms with E-state index in [9.17, 15) is 14.7 Å². The first-order valence-corrected chi connectivity index (χ1v) is 12.9. The summed E-state index contributed by atoms with van der Waals surface area (Å²) in [6.07, 6.45) is 5.02. The summed E-state index contributed by atoms with van der Waals surface area (Å²) in [5.41, 5.74) is 3.20. The number of anilines is 1. The Bertz CT molecular complexity index is 1320. The minimum absolute atomic E-state index is 0.162. The lowest BCUT2D eigenvalue weighted by molar-refractivity contribution is 0.0356. The third-order valence-electron chi connectivity index (χ3n) is 6.88. The normalized spacial score (nSPS) is 18.2. The van der Waals surface area contributed by atoms with Crippen LogP contribution in [0.5, 0.6) is 5.88 Å². The monoisotopic (exact) mass is 533 g/mol. The lowest BCUT2D eigenvalue weighted by Crippen LogP contribution is -2.50. The van der Waals surface area contributed by atoms with Crippen molar-refractivity contribution in [3.63, 3.8) is 0 Å². The Kier molecular flexibility index (Phi) is 8.65. The fourth-order valence-corrected chi connectivity index (χ4v) is 4.40. The highest BCUT2D eigenvalue weighted by molar-refractivity contribution is 5.97. The number of likely N-dealkylation sites (N-methyl/N-ethyl adjacent to an activating group) is 1. The molecule has 10 heteroatoms. The summed E-state index contributed by atoms with van der Waals surface area (Å²) in [4.78, 5) is 34.3. The second-order valence-electron chi connectivity index (χ2n) is 10.00. The first kappa shape index (κ1) is 27.8. The molecule has 1 aliphatic heterocycles. The molecule has 2 aromatic heterocycles. The summed E-state index contributed by atoms with van der Waals surface area (Å²) in [5, 5.41) is 16.6. The van der Waals surface area contributed by atoms with Crippen molar-refractivity contribution in [2.45, 2.75) is 39.8 Å². The van der Waals surface area contributed by atoms with E-state index >= 15 is 0 Å². The van der Waals surface area contributed by atoms with Gasteiger partial charge in [0, 0.05) is 25.7 Å². The van der Waals surface area contributed by atoms with Crippen molar-refractivity contribution < 1.29 is 24.0 Å². The number of aryl methyl sites for hydroxylation is 2. The van der Waals surface area contributed by atoms with Crippen molar-refractivity contribution in [3.8, 4) is 5.88 Å². The average molecular weight is 534 g/mol. The average Bonchev–Trinajstić information content (AvgIpc) is 3.25. The number of hydrogen-bond donors (Lipinski definition) is 2. The van der Waals surface area contributed by atoms with Crippen molar-refractivity contribution in [1.29, 1.82) is 0 Å². The number of aliphatic hydroxyl groups is 1. The van der Waals surface area contributed by atoms with Gasteiger partial charge in [-0.15, -0.1) is 0 Å². The second-order valence-corrected chi connectivity index (χ2v) is 10.00. The predicted molar refractivity (Wildman–Crippen MR) is 148 cm³/mol. The molecule has 1 aromatic carbocycles. The molecule has 10 nitrogen and oxygen atoms in total. The maximum Gasteiger partial charge on any atom is 0.321 e. The van der Waals surface area contributed by atoms with Crippen LogP contribution < -0.4 is 10.1 Å². The maximum absolute atomic E-state index is 13.6. The zero-order chi connectivity index (χ0) is 28.1. The second kappa shape index (κ2) is 12.1. The molecule has 1 aliphatic rings. The Hall–Kier alpha value is -4.18. The van der Waals surface area contributed by atoms with Crippen molar-refractivity contribution in [1.82, 2.24) is 19.9 Å². The Morgan fingerprint density at radius 1 is 1.26 bits per heavy atom. The molecule has 3 amide bonds. The van der Waals surface area contributed by atoms with Crippen molar-refractivity contribution >= 4 is 29.8 Å². The van der Waals surface area contributed by atoms with Crippen LogP contribution in [0, 0.1) is 19.8 Å². The van der Waals surface area contributed by atoms with Crippen molar-refractivity contribution in [2.24, 2.45) is 5.92 Å². The van der Waals surface area contributed by atoms with Gasteiger partial charge >= 0.3 is 6.03 Å².